The van der Waals surface area contributed by atoms with Crippen LogP contribution in [0.3, 0.4) is 0 Å². The molecule has 1 fully saturated rings. The van der Waals surface area contributed by atoms with Gasteiger partial charge in [-0.3, -0.25) is 4.79 Å². The third-order valence-corrected chi connectivity index (χ3v) is 4.13. The number of methoxy groups -OCH3 is 1. The molecule has 1 aromatic carbocycles. The van der Waals surface area contributed by atoms with Crippen molar-refractivity contribution in [1.82, 2.24) is 0 Å². The SMILES string of the molecule is COc1ccc(C2(C(=O)O)CCCCC2)cc1C(F)F. The highest BCUT2D eigenvalue weighted by Crippen LogP contribution is 2.42. The van der Waals surface area contributed by atoms with Gasteiger partial charge in [-0.1, -0.05) is 25.3 Å². The molecule has 1 N–H and O–H groups in total. The number of hydrogen-bond donors (Lipinski definition) is 1. The van der Waals surface area contributed by atoms with Crippen LogP contribution in [0.1, 0.15) is 49.7 Å². The number of rotatable bonds is 4. The molecule has 0 aromatic heterocycles. The molecule has 1 aromatic rings. The second kappa shape index (κ2) is 5.77. The second-order valence-corrected chi connectivity index (χ2v) is 5.21. The summed E-state index contributed by atoms with van der Waals surface area (Å²) in [4.78, 5) is 11.7. The van der Waals surface area contributed by atoms with E-state index in [0.29, 0.717) is 18.4 Å². The Morgan fingerprint density at radius 2 is 1.95 bits per heavy atom. The van der Waals surface area contributed by atoms with Gasteiger partial charge in [0.1, 0.15) is 5.75 Å². The van der Waals surface area contributed by atoms with Crippen molar-refractivity contribution in [3.8, 4) is 5.75 Å². The fraction of sp³-hybridized carbons (Fsp3) is 0.533. The summed E-state index contributed by atoms with van der Waals surface area (Å²) in [5.41, 5.74) is -0.814. The highest BCUT2D eigenvalue weighted by molar-refractivity contribution is 5.81. The number of alkyl halides is 2. The van der Waals surface area contributed by atoms with E-state index in [0.717, 1.165) is 19.3 Å². The third kappa shape index (κ3) is 2.49. The minimum absolute atomic E-state index is 0.0973. The van der Waals surface area contributed by atoms with Crippen LogP contribution >= 0.6 is 0 Å². The third-order valence-electron chi connectivity index (χ3n) is 4.13. The quantitative estimate of drug-likeness (QED) is 0.911. The van der Waals surface area contributed by atoms with Gasteiger partial charge in [0.25, 0.3) is 6.43 Å². The molecular formula is C15H18F2O3. The van der Waals surface area contributed by atoms with Gasteiger partial charge in [0.2, 0.25) is 0 Å². The molecule has 1 aliphatic rings. The zero-order valence-corrected chi connectivity index (χ0v) is 11.4. The fourth-order valence-electron chi connectivity index (χ4n) is 2.98. The van der Waals surface area contributed by atoms with Crippen LogP contribution in [0.2, 0.25) is 0 Å². The lowest BCUT2D eigenvalue weighted by atomic mass is 9.69. The number of benzene rings is 1. The largest absolute Gasteiger partial charge is 0.496 e. The molecule has 110 valence electrons. The van der Waals surface area contributed by atoms with E-state index in [-0.39, 0.29) is 11.3 Å². The molecule has 3 nitrogen and oxygen atoms in total. The van der Waals surface area contributed by atoms with E-state index < -0.39 is 17.8 Å². The van der Waals surface area contributed by atoms with Gasteiger partial charge in [-0.25, -0.2) is 8.78 Å². The van der Waals surface area contributed by atoms with Crippen LogP contribution in [0.15, 0.2) is 18.2 Å². The van der Waals surface area contributed by atoms with Gasteiger partial charge in [-0.05, 0) is 30.5 Å². The van der Waals surface area contributed by atoms with Gasteiger partial charge in [0.15, 0.2) is 0 Å². The van der Waals surface area contributed by atoms with Crippen molar-refractivity contribution in [3.05, 3.63) is 29.3 Å². The first-order valence-electron chi connectivity index (χ1n) is 6.71. The van der Waals surface area contributed by atoms with E-state index in [1.165, 1.54) is 19.2 Å². The number of carboxylic acid groups (broad SMARTS) is 1. The molecule has 0 bridgehead atoms. The minimum atomic E-state index is -2.68. The molecule has 0 spiro atoms. The topological polar surface area (TPSA) is 46.5 Å². The van der Waals surface area contributed by atoms with E-state index in [1.807, 2.05) is 0 Å². The Morgan fingerprint density at radius 1 is 1.30 bits per heavy atom. The summed E-state index contributed by atoms with van der Waals surface area (Å²) in [6, 6.07) is 4.34. The number of hydrogen-bond acceptors (Lipinski definition) is 2. The summed E-state index contributed by atoms with van der Waals surface area (Å²) < 4.78 is 31.0. The average Bonchev–Trinajstić information content (AvgIpc) is 2.47. The number of ether oxygens (including phenoxy) is 1. The van der Waals surface area contributed by atoms with Crippen molar-refractivity contribution < 1.29 is 23.4 Å². The molecule has 0 heterocycles. The Kier molecular flexibility index (Phi) is 4.26. The Hall–Kier alpha value is -1.65. The number of carbonyl (C=O) groups is 1. The zero-order valence-electron chi connectivity index (χ0n) is 11.4. The standard InChI is InChI=1S/C15H18F2O3/c1-20-12-6-5-10(9-11(12)13(16)17)15(14(18)19)7-3-2-4-8-15/h5-6,9,13H,2-4,7-8H2,1H3,(H,18,19). The van der Waals surface area contributed by atoms with Crippen molar-refractivity contribution in [2.45, 2.75) is 43.9 Å². The molecular weight excluding hydrogens is 266 g/mol. The van der Waals surface area contributed by atoms with Crippen molar-refractivity contribution in [1.29, 1.82) is 0 Å². The van der Waals surface area contributed by atoms with Crippen molar-refractivity contribution >= 4 is 5.97 Å². The first-order valence-corrected chi connectivity index (χ1v) is 6.71. The molecule has 0 atom stereocenters. The normalized spacial score (nSPS) is 18.0. The Balaban J connectivity index is 2.49. The molecule has 1 saturated carbocycles. The summed E-state index contributed by atoms with van der Waals surface area (Å²) >= 11 is 0. The van der Waals surface area contributed by atoms with E-state index in [9.17, 15) is 18.7 Å². The second-order valence-electron chi connectivity index (χ2n) is 5.21. The predicted octanol–water partition coefficient (Wildman–Crippen LogP) is 3.92. The van der Waals surface area contributed by atoms with Gasteiger partial charge in [0, 0.05) is 0 Å². The summed E-state index contributed by atoms with van der Waals surface area (Å²) in [5.74, 6) is -0.831. The van der Waals surface area contributed by atoms with Gasteiger partial charge in [-0.15, -0.1) is 0 Å². The molecule has 0 saturated heterocycles. The molecule has 0 amide bonds. The number of carboxylic acids is 1. The maximum atomic E-state index is 13.1. The molecule has 5 heteroatoms. The van der Waals surface area contributed by atoms with Crippen LogP contribution < -0.4 is 4.74 Å². The molecule has 1 aliphatic carbocycles. The highest BCUT2D eigenvalue weighted by atomic mass is 19.3. The monoisotopic (exact) mass is 284 g/mol. The molecule has 2 rings (SSSR count). The Labute approximate surface area is 116 Å². The molecule has 0 radical (unpaired) electrons. The summed E-state index contributed by atoms with van der Waals surface area (Å²) in [6.07, 6.45) is 0.922. The first kappa shape index (κ1) is 14.8. The summed E-state index contributed by atoms with van der Waals surface area (Å²) in [6.45, 7) is 0. The molecule has 20 heavy (non-hydrogen) atoms. The summed E-state index contributed by atoms with van der Waals surface area (Å²) in [5, 5.41) is 9.58. The van der Waals surface area contributed by atoms with Crippen LogP contribution in [0.4, 0.5) is 8.78 Å². The average molecular weight is 284 g/mol. The van der Waals surface area contributed by atoms with Crippen molar-refractivity contribution in [2.24, 2.45) is 0 Å². The van der Waals surface area contributed by atoms with E-state index >= 15 is 0 Å². The summed E-state index contributed by atoms with van der Waals surface area (Å²) in [7, 11) is 1.33. The van der Waals surface area contributed by atoms with Gasteiger partial charge in [-0.2, -0.15) is 0 Å². The van der Waals surface area contributed by atoms with Crippen LogP contribution in [-0.4, -0.2) is 18.2 Å². The van der Waals surface area contributed by atoms with Crippen LogP contribution in [0, 0.1) is 0 Å². The van der Waals surface area contributed by atoms with Crippen molar-refractivity contribution in [2.75, 3.05) is 7.11 Å². The highest BCUT2D eigenvalue weighted by Gasteiger charge is 2.41. The Bertz CT molecular complexity index is 494. The van der Waals surface area contributed by atoms with E-state index in [4.69, 9.17) is 4.74 Å². The fourth-order valence-corrected chi connectivity index (χ4v) is 2.98. The van der Waals surface area contributed by atoms with Crippen LogP contribution in [0.5, 0.6) is 5.75 Å². The Morgan fingerprint density at radius 3 is 2.45 bits per heavy atom. The maximum Gasteiger partial charge on any atom is 0.314 e. The van der Waals surface area contributed by atoms with E-state index in [1.54, 1.807) is 6.07 Å². The van der Waals surface area contributed by atoms with Gasteiger partial charge < -0.3 is 9.84 Å². The molecule has 0 aliphatic heterocycles. The van der Waals surface area contributed by atoms with E-state index in [2.05, 4.69) is 0 Å². The van der Waals surface area contributed by atoms with Gasteiger partial charge in [0.05, 0.1) is 18.1 Å². The minimum Gasteiger partial charge on any atom is -0.496 e. The number of aliphatic carboxylic acids is 1. The smallest absolute Gasteiger partial charge is 0.314 e. The van der Waals surface area contributed by atoms with Crippen molar-refractivity contribution in [3.63, 3.8) is 0 Å². The lowest BCUT2D eigenvalue weighted by molar-refractivity contribution is -0.145. The van der Waals surface area contributed by atoms with Crippen LogP contribution in [0.25, 0.3) is 0 Å². The predicted molar refractivity (Wildman–Crippen MR) is 70.3 cm³/mol. The van der Waals surface area contributed by atoms with Gasteiger partial charge >= 0.3 is 5.97 Å². The first-order chi connectivity index (χ1) is 9.51. The lowest BCUT2D eigenvalue weighted by Crippen LogP contribution is -2.37. The molecule has 0 unspecified atom stereocenters. The van der Waals surface area contributed by atoms with Crippen LogP contribution in [-0.2, 0) is 10.2 Å². The maximum absolute atomic E-state index is 13.1. The lowest BCUT2D eigenvalue weighted by Gasteiger charge is -2.34. The number of halogens is 2. The zero-order chi connectivity index (χ0) is 14.8.